The normalized spacial score (nSPS) is 53.4. The molecule has 10 atom stereocenters. The maximum atomic E-state index is 10.3. The van der Waals surface area contributed by atoms with E-state index >= 15 is 0 Å². The number of aliphatic hydroxyl groups is 1. The van der Waals surface area contributed by atoms with Gasteiger partial charge in [-0.3, -0.25) is 4.99 Å². The first-order valence-corrected chi connectivity index (χ1v) is 13.0. The highest BCUT2D eigenvalue weighted by atomic mass is 16.3. The number of aliphatic imine (C=N–C) groups is 1. The standard InChI is InChI=1S/C27H45NO/c1-17-5-10-25(28-16-17)18(2)22-8-9-23-21-7-6-19-15-20(29)11-13-26(19,3)24(21)12-14-27(22,23)4/h17-24,29H,5-16H2,1-4H3/t17-,18+,19-,20-,21-,22+,23-,24-,26-,27+/m0/s1. The Morgan fingerprint density at radius 2 is 1.69 bits per heavy atom. The fraction of sp³-hybridized carbons (Fsp3) is 0.963. The predicted molar refractivity (Wildman–Crippen MR) is 121 cm³/mol. The number of fused-ring (bicyclic) bond motifs is 5. The molecule has 2 nitrogen and oxygen atoms in total. The van der Waals surface area contributed by atoms with E-state index in [2.05, 4.69) is 27.7 Å². The molecular formula is C27H45NO. The molecule has 5 aliphatic rings. The van der Waals surface area contributed by atoms with Crippen molar-refractivity contribution in [3.05, 3.63) is 0 Å². The first-order valence-electron chi connectivity index (χ1n) is 13.0. The SMILES string of the molecule is C[C@H]1CCC([C@H](C)[C@H]2CC[C@H]3[C@@H]4CC[C@H]5C[C@@H](O)CC[C@]5(C)[C@H]4CC[C@]23C)=NC1. The summed E-state index contributed by atoms with van der Waals surface area (Å²) in [5.74, 6) is 5.96. The number of aliphatic hydroxyl groups excluding tert-OH is 1. The van der Waals surface area contributed by atoms with Crippen LogP contribution in [0.4, 0.5) is 0 Å². The molecule has 1 N–H and O–H groups in total. The summed E-state index contributed by atoms with van der Waals surface area (Å²) in [7, 11) is 0. The average molecular weight is 400 g/mol. The second-order valence-corrected chi connectivity index (χ2v) is 12.6. The van der Waals surface area contributed by atoms with Crippen LogP contribution in [0.3, 0.4) is 0 Å². The molecule has 0 radical (unpaired) electrons. The third-order valence-corrected chi connectivity index (χ3v) is 11.3. The highest BCUT2D eigenvalue weighted by Gasteiger charge is 2.60. The molecule has 0 unspecified atom stereocenters. The van der Waals surface area contributed by atoms with Crippen LogP contribution in [0, 0.1) is 52.3 Å². The molecule has 164 valence electrons. The maximum Gasteiger partial charge on any atom is 0.0543 e. The van der Waals surface area contributed by atoms with Gasteiger partial charge in [-0.1, -0.05) is 27.7 Å². The number of nitrogens with zero attached hydrogens (tertiary/aromatic N) is 1. The molecule has 0 aromatic rings. The van der Waals surface area contributed by atoms with Gasteiger partial charge >= 0.3 is 0 Å². The Kier molecular flexibility index (Phi) is 5.20. The lowest BCUT2D eigenvalue weighted by molar-refractivity contribution is -0.127. The third-order valence-electron chi connectivity index (χ3n) is 11.3. The molecule has 1 aliphatic heterocycles. The average Bonchev–Trinajstić information content (AvgIpc) is 3.06. The van der Waals surface area contributed by atoms with Crippen molar-refractivity contribution in [1.29, 1.82) is 0 Å². The molecule has 2 heteroatoms. The maximum absolute atomic E-state index is 10.3. The predicted octanol–water partition coefficient (Wildman–Crippen LogP) is 6.51. The van der Waals surface area contributed by atoms with Gasteiger partial charge in [0.1, 0.15) is 0 Å². The first kappa shape index (κ1) is 20.5. The van der Waals surface area contributed by atoms with E-state index in [0.29, 0.717) is 16.7 Å². The molecule has 29 heavy (non-hydrogen) atoms. The van der Waals surface area contributed by atoms with Crippen molar-refractivity contribution in [3.8, 4) is 0 Å². The molecule has 0 aromatic carbocycles. The van der Waals surface area contributed by atoms with Crippen LogP contribution in [0.15, 0.2) is 4.99 Å². The molecule has 4 aliphatic carbocycles. The van der Waals surface area contributed by atoms with Crippen LogP contribution in [0.2, 0.25) is 0 Å². The van der Waals surface area contributed by atoms with Crippen molar-refractivity contribution in [2.45, 2.75) is 104 Å². The lowest BCUT2D eigenvalue weighted by Crippen LogP contribution is -2.54. The molecule has 0 saturated heterocycles. The van der Waals surface area contributed by atoms with Crippen LogP contribution in [-0.4, -0.2) is 23.5 Å². The summed E-state index contributed by atoms with van der Waals surface area (Å²) in [6.45, 7) is 11.3. The Morgan fingerprint density at radius 3 is 2.45 bits per heavy atom. The highest BCUT2D eigenvalue weighted by Crippen LogP contribution is 2.68. The van der Waals surface area contributed by atoms with Gasteiger partial charge in [-0.25, -0.2) is 0 Å². The summed E-state index contributed by atoms with van der Waals surface area (Å²) in [6.07, 6.45) is 14.6. The van der Waals surface area contributed by atoms with Gasteiger partial charge in [-0.2, -0.15) is 0 Å². The molecule has 5 rings (SSSR count). The molecule has 4 fully saturated rings. The molecule has 0 spiro atoms. The van der Waals surface area contributed by atoms with Gasteiger partial charge in [0.2, 0.25) is 0 Å². The minimum atomic E-state index is -0.0193. The monoisotopic (exact) mass is 399 g/mol. The van der Waals surface area contributed by atoms with E-state index in [0.717, 1.165) is 54.9 Å². The zero-order valence-electron chi connectivity index (χ0n) is 19.5. The minimum absolute atomic E-state index is 0.0193. The van der Waals surface area contributed by atoms with E-state index in [-0.39, 0.29) is 6.10 Å². The summed E-state index contributed by atoms with van der Waals surface area (Å²) >= 11 is 0. The van der Waals surface area contributed by atoms with Gasteiger partial charge in [-0.05, 0) is 123 Å². The molecule has 0 aromatic heterocycles. The van der Waals surface area contributed by atoms with Crippen LogP contribution >= 0.6 is 0 Å². The Hall–Kier alpha value is -0.370. The molecule has 0 bridgehead atoms. The Labute approximate surface area is 179 Å². The fourth-order valence-electron chi connectivity index (χ4n) is 9.54. The minimum Gasteiger partial charge on any atom is -0.393 e. The van der Waals surface area contributed by atoms with E-state index in [1.54, 1.807) is 5.71 Å². The zero-order valence-corrected chi connectivity index (χ0v) is 19.5. The summed E-state index contributed by atoms with van der Waals surface area (Å²) in [5, 5.41) is 10.3. The van der Waals surface area contributed by atoms with Crippen molar-refractivity contribution >= 4 is 5.71 Å². The van der Waals surface area contributed by atoms with Crippen molar-refractivity contribution in [2.75, 3.05) is 6.54 Å². The van der Waals surface area contributed by atoms with Gasteiger partial charge < -0.3 is 5.11 Å². The Balaban J connectivity index is 1.36. The van der Waals surface area contributed by atoms with E-state index in [4.69, 9.17) is 4.99 Å². The van der Waals surface area contributed by atoms with E-state index in [9.17, 15) is 5.11 Å². The van der Waals surface area contributed by atoms with Crippen molar-refractivity contribution in [2.24, 2.45) is 57.2 Å². The van der Waals surface area contributed by atoms with Crippen LogP contribution < -0.4 is 0 Å². The summed E-state index contributed by atoms with van der Waals surface area (Å²) in [4.78, 5) is 5.07. The van der Waals surface area contributed by atoms with Crippen LogP contribution in [0.1, 0.15) is 98.3 Å². The Morgan fingerprint density at radius 1 is 0.931 bits per heavy atom. The van der Waals surface area contributed by atoms with Crippen LogP contribution in [-0.2, 0) is 0 Å². The van der Waals surface area contributed by atoms with E-state index in [1.165, 1.54) is 57.8 Å². The molecular weight excluding hydrogens is 354 g/mol. The zero-order chi connectivity index (χ0) is 20.4. The summed E-state index contributed by atoms with van der Waals surface area (Å²) in [6, 6.07) is 0. The van der Waals surface area contributed by atoms with Gasteiger partial charge in [0, 0.05) is 12.3 Å². The summed E-state index contributed by atoms with van der Waals surface area (Å²) in [5.41, 5.74) is 2.62. The van der Waals surface area contributed by atoms with Gasteiger partial charge in [-0.15, -0.1) is 0 Å². The third kappa shape index (κ3) is 3.17. The van der Waals surface area contributed by atoms with Crippen LogP contribution in [0.25, 0.3) is 0 Å². The van der Waals surface area contributed by atoms with Crippen molar-refractivity contribution < 1.29 is 5.11 Å². The lowest BCUT2D eigenvalue weighted by atomic mass is 9.44. The molecule has 1 heterocycles. The van der Waals surface area contributed by atoms with E-state index in [1.807, 2.05) is 0 Å². The number of hydrogen-bond donors (Lipinski definition) is 1. The van der Waals surface area contributed by atoms with Gasteiger partial charge in [0.25, 0.3) is 0 Å². The van der Waals surface area contributed by atoms with E-state index < -0.39 is 0 Å². The van der Waals surface area contributed by atoms with Gasteiger partial charge in [0.05, 0.1) is 6.10 Å². The Bertz CT molecular complexity index is 657. The topological polar surface area (TPSA) is 32.6 Å². The summed E-state index contributed by atoms with van der Waals surface area (Å²) < 4.78 is 0. The van der Waals surface area contributed by atoms with Gasteiger partial charge in [0.15, 0.2) is 0 Å². The van der Waals surface area contributed by atoms with Crippen molar-refractivity contribution in [1.82, 2.24) is 0 Å². The highest BCUT2D eigenvalue weighted by molar-refractivity contribution is 5.87. The second-order valence-electron chi connectivity index (χ2n) is 12.6. The molecule has 0 amide bonds. The largest absolute Gasteiger partial charge is 0.393 e. The first-order chi connectivity index (χ1) is 13.8. The number of hydrogen-bond acceptors (Lipinski definition) is 2. The van der Waals surface area contributed by atoms with Crippen molar-refractivity contribution in [3.63, 3.8) is 0 Å². The number of rotatable bonds is 2. The lowest BCUT2D eigenvalue weighted by Gasteiger charge is -2.61. The van der Waals surface area contributed by atoms with Crippen LogP contribution in [0.5, 0.6) is 0 Å². The fourth-order valence-corrected chi connectivity index (χ4v) is 9.54. The molecule has 4 saturated carbocycles. The quantitative estimate of drug-likeness (QED) is 0.564. The second kappa shape index (κ2) is 7.35. The smallest absolute Gasteiger partial charge is 0.0543 e.